The zero-order chi connectivity index (χ0) is 13.5. The number of ketones is 1. The molecule has 3 rings (SSSR count). The second-order valence-electron chi connectivity index (χ2n) is 5.94. The summed E-state index contributed by atoms with van der Waals surface area (Å²) in [7, 11) is 0. The average molecular weight is 253 g/mol. The van der Waals surface area contributed by atoms with E-state index in [4.69, 9.17) is 4.42 Å². The molecule has 0 atom stereocenters. The van der Waals surface area contributed by atoms with Crippen molar-refractivity contribution in [3.05, 3.63) is 53.8 Å². The predicted molar refractivity (Wildman–Crippen MR) is 75.0 cm³/mol. The number of carbonyl (C=O) groups excluding carboxylic acids is 1. The molecule has 0 bridgehead atoms. The van der Waals surface area contributed by atoms with Crippen LogP contribution in [-0.2, 0) is 6.42 Å². The number of fused-ring (bicyclic) bond motifs is 1. The van der Waals surface area contributed by atoms with Gasteiger partial charge in [0, 0.05) is 12.5 Å². The summed E-state index contributed by atoms with van der Waals surface area (Å²) in [6.07, 6.45) is 1.41. The van der Waals surface area contributed by atoms with E-state index in [1.54, 1.807) is 0 Å². The molecule has 96 valence electrons. The minimum atomic E-state index is -0.0110. The van der Waals surface area contributed by atoms with Crippen LogP contribution in [0.4, 0.5) is 0 Å². The van der Waals surface area contributed by atoms with Gasteiger partial charge >= 0.3 is 11.5 Å². The number of rotatable bonds is 1. The minimum Gasteiger partial charge on any atom is -0.294 e. The molecule has 2 nitrogen and oxygen atoms in total. The zero-order valence-corrected chi connectivity index (χ0v) is 11.3. The van der Waals surface area contributed by atoms with E-state index in [1.807, 2.05) is 42.5 Å². The maximum atomic E-state index is 12.1. The first-order valence-corrected chi connectivity index (χ1v) is 6.60. The van der Waals surface area contributed by atoms with Gasteiger partial charge in [0.05, 0.1) is 12.0 Å². The first kappa shape index (κ1) is 12.1. The fraction of sp³-hybridized carbons (Fsp3) is 0.294. The van der Waals surface area contributed by atoms with Gasteiger partial charge in [0.1, 0.15) is 5.56 Å². The van der Waals surface area contributed by atoms with Gasteiger partial charge in [0.25, 0.3) is 0 Å². The van der Waals surface area contributed by atoms with Crippen LogP contribution in [0.25, 0.3) is 11.3 Å². The summed E-state index contributed by atoms with van der Waals surface area (Å²) in [6.45, 7) is 4.22. The third-order valence-electron chi connectivity index (χ3n) is 3.57. The first-order chi connectivity index (χ1) is 9.05. The third kappa shape index (κ3) is 2.30. The van der Waals surface area contributed by atoms with Gasteiger partial charge in [0.15, 0.2) is 5.78 Å². The van der Waals surface area contributed by atoms with Crippen molar-refractivity contribution < 1.29 is 9.21 Å². The van der Waals surface area contributed by atoms with Crippen molar-refractivity contribution in [2.24, 2.45) is 5.41 Å². The second kappa shape index (κ2) is 4.30. The quantitative estimate of drug-likeness (QED) is 0.705. The molecular formula is C17H17O2+. The van der Waals surface area contributed by atoms with E-state index in [0.717, 1.165) is 29.1 Å². The van der Waals surface area contributed by atoms with Gasteiger partial charge in [-0.1, -0.05) is 32.0 Å². The lowest BCUT2D eigenvalue weighted by Gasteiger charge is -2.24. The van der Waals surface area contributed by atoms with Gasteiger partial charge < -0.3 is 0 Å². The lowest BCUT2D eigenvalue weighted by atomic mass is 9.76. The topological polar surface area (TPSA) is 28.4 Å². The SMILES string of the molecule is CC1(C)CC(=O)c2ccc(-c3ccccc3)[o+]c2C1. The van der Waals surface area contributed by atoms with Gasteiger partial charge in [-0.3, -0.25) is 4.79 Å². The normalized spacial score (nSPS) is 17.1. The molecule has 0 saturated carbocycles. The number of Topliss-reactive ketones (excluding diaryl/α,β-unsaturated/α-hetero) is 1. The highest BCUT2D eigenvalue weighted by Crippen LogP contribution is 2.36. The molecule has 1 aliphatic rings. The summed E-state index contributed by atoms with van der Waals surface area (Å²) < 4.78 is 5.97. The first-order valence-electron chi connectivity index (χ1n) is 6.60. The fourth-order valence-electron chi connectivity index (χ4n) is 2.64. The molecule has 2 heteroatoms. The summed E-state index contributed by atoms with van der Waals surface area (Å²) in [5.41, 5.74) is 1.78. The van der Waals surface area contributed by atoms with Crippen molar-refractivity contribution in [3.63, 3.8) is 0 Å². The molecule has 0 unspecified atom stereocenters. The van der Waals surface area contributed by atoms with E-state index in [1.165, 1.54) is 0 Å². The Labute approximate surface area is 113 Å². The number of hydrogen-bond acceptors (Lipinski definition) is 1. The molecular weight excluding hydrogens is 236 g/mol. The van der Waals surface area contributed by atoms with Gasteiger partial charge in [-0.15, -0.1) is 0 Å². The Bertz CT molecular complexity index is 627. The lowest BCUT2D eigenvalue weighted by Crippen LogP contribution is -2.26. The summed E-state index contributed by atoms with van der Waals surface area (Å²) in [4.78, 5) is 12.1. The molecule has 0 radical (unpaired) electrons. The molecule has 0 saturated heterocycles. The van der Waals surface area contributed by atoms with Crippen LogP contribution in [-0.4, -0.2) is 5.78 Å². The Kier molecular flexibility index (Phi) is 2.74. The van der Waals surface area contributed by atoms with Gasteiger partial charge in [0.2, 0.25) is 0 Å². The van der Waals surface area contributed by atoms with E-state index in [9.17, 15) is 4.79 Å². The van der Waals surface area contributed by atoms with Crippen molar-refractivity contribution in [2.75, 3.05) is 0 Å². The van der Waals surface area contributed by atoms with Crippen LogP contribution in [0.5, 0.6) is 0 Å². The molecule has 1 heterocycles. The smallest absolute Gasteiger partial charge is 0.294 e. The van der Waals surface area contributed by atoms with Crippen LogP contribution in [0.3, 0.4) is 0 Å². The van der Waals surface area contributed by atoms with Gasteiger partial charge in [-0.25, -0.2) is 4.42 Å². The molecule has 1 aromatic carbocycles. The Morgan fingerprint density at radius 1 is 1.00 bits per heavy atom. The van der Waals surface area contributed by atoms with Crippen LogP contribution in [0.15, 0.2) is 46.9 Å². The molecule has 0 aliphatic heterocycles. The molecule has 1 aliphatic carbocycles. The van der Waals surface area contributed by atoms with Crippen LogP contribution < -0.4 is 0 Å². The predicted octanol–water partition coefficient (Wildman–Crippen LogP) is 4.38. The lowest BCUT2D eigenvalue weighted by molar-refractivity contribution is 0.0899. The van der Waals surface area contributed by atoms with Gasteiger partial charge in [-0.05, 0) is 23.6 Å². The standard InChI is InChI=1S/C17H17O2/c1-17(2)10-14(18)13-8-9-15(19-16(13)11-17)12-6-4-3-5-7-12/h3-9H,10-11H2,1-2H3/q+1. The largest absolute Gasteiger partial charge is 0.360 e. The monoisotopic (exact) mass is 253 g/mol. The van der Waals surface area contributed by atoms with Crippen molar-refractivity contribution in [2.45, 2.75) is 26.7 Å². The second-order valence-corrected chi connectivity index (χ2v) is 5.94. The maximum Gasteiger partial charge on any atom is 0.360 e. The minimum absolute atomic E-state index is 0.0110. The molecule has 0 spiro atoms. The molecule has 1 aromatic heterocycles. The molecule has 19 heavy (non-hydrogen) atoms. The molecule has 2 aromatic rings. The molecule has 0 fully saturated rings. The molecule has 0 N–H and O–H groups in total. The highest BCUT2D eigenvalue weighted by Gasteiger charge is 2.38. The summed E-state index contributed by atoms with van der Waals surface area (Å²) >= 11 is 0. The highest BCUT2D eigenvalue weighted by atomic mass is 16.3. The van der Waals surface area contributed by atoms with Gasteiger partial charge in [-0.2, -0.15) is 0 Å². The number of carbonyl (C=O) groups is 1. The highest BCUT2D eigenvalue weighted by molar-refractivity contribution is 5.98. The Morgan fingerprint density at radius 3 is 2.47 bits per heavy atom. The van der Waals surface area contributed by atoms with E-state index in [2.05, 4.69) is 13.8 Å². The van der Waals surface area contributed by atoms with Crippen LogP contribution >= 0.6 is 0 Å². The Morgan fingerprint density at radius 2 is 1.74 bits per heavy atom. The summed E-state index contributed by atoms with van der Waals surface area (Å²) in [6, 6.07) is 13.8. The zero-order valence-electron chi connectivity index (χ0n) is 11.3. The van der Waals surface area contributed by atoms with E-state index in [-0.39, 0.29) is 11.2 Å². The Balaban J connectivity index is 2.07. The Hall–Kier alpha value is -1.96. The van der Waals surface area contributed by atoms with E-state index in [0.29, 0.717) is 6.42 Å². The number of hydrogen-bond donors (Lipinski definition) is 0. The van der Waals surface area contributed by atoms with Crippen LogP contribution in [0.2, 0.25) is 0 Å². The third-order valence-corrected chi connectivity index (χ3v) is 3.57. The maximum absolute atomic E-state index is 12.1. The summed E-state index contributed by atoms with van der Waals surface area (Å²) in [5, 5.41) is 0. The van der Waals surface area contributed by atoms with E-state index >= 15 is 0 Å². The van der Waals surface area contributed by atoms with Crippen molar-refractivity contribution in [1.82, 2.24) is 0 Å². The van der Waals surface area contributed by atoms with Crippen molar-refractivity contribution in [1.29, 1.82) is 0 Å². The average Bonchev–Trinajstić information content (AvgIpc) is 2.37. The van der Waals surface area contributed by atoms with Crippen LogP contribution in [0.1, 0.15) is 36.4 Å². The van der Waals surface area contributed by atoms with Crippen LogP contribution in [0, 0.1) is 5.41 Å². The number of benzene rings is 1. The molecule has 0 amide bonds. The van der Waals surface area contributed by atoms with E-state index < -0.39 is 0 Å². The summed E-state index contributed by atoms with van der Waals surface area (Å²) in [5.74, 6) is 1.84. The fourth-order valence-corrected chi connectivity index (χ4v) is 2.64. The van der Waals surface area contributed by atoms with Crippen molar-refractivity contribution in [3.8, 4) is 11.3 Å². The van der Waals surface area contributed by atoms with Crippen molar-refractivity contribution >= 4 is 5.78 Å².